The van der Waals surface area contributed by atoms with E-state index in [1.165, 1.54) is 0 Å². The van der Waals surface area contributed by atoms with Gasteiger partial charge in [-0.2, -0.15) is 5.10 Å². The summed E-state index contributed by atoms with van der Waals surface area (Å²) in [6.07, 6.45) is 3.43. The van der Waals surface area contributed by atoms with E-state index in [2.05, 4.69) is 20.6 Å². The quantitative estimate of drug-likeness (QED) is 0.327. The van der Waals surface area contributed by atoms with Gasteiger partial charge in [0.05, 0.1) is 33.2 Å². The van der Waals surface area contributed by atoms with Gasteiger partial charge in [0, 0.05) is 42.2 Å². The number of carbonyl (C=O) groups excluding carboxylic acids is 1. The zero-order valence-corrected chi connectivity index (χ0v) is 21.2. The summed E-state index contributed by atoms with van der Waals surface area (Å²) in [5.74, 6) is 1.10. The minimum absolute atomic E-state index is 0.0148. The summed E-state index contributed by atoms with van der Waals surface area (Å²) in [7, 11) is 0. The Bertz CT molecular complexity index is 1560. The Morgan fingerprint density at radius 1 is 1.11 bits per heavy atom. The van der Waals surface area contributed by atoms with Crippen molar-refractivity contribution >= 4 is 22.9 Å². The number of likely N-dealkylation sites (tertiary alicyclic amines) is 1. The molecule has 1 aliphatic heterocycles. The summed E-state index contributed by atoms with van der Waals surface area (Å²) < 4.78 is 7.29. The molecule has 9 heteroatoms. The largest absolute Gasteiger partial charge is 0.360 e. The van der Waals surface area contributed by atoms with Crippen molar-refractivity contribution in [3.05, 3.63) is 75.7 Å². The van der Waals surface area contributed by atoms with E-state index in [9.17, 15) is 4.79 Å². The number of thiazole rings is 1. The van der Waals surface area contributed by atoms with Gasteiger partial charge in [0.1, 0.15) is 11.5 Å². The van der Waals surface area contributed by atoms with E-state index < -0.39 is 0 Å². The highest BCUT2D eigenvalue weighted by Crippen LogP contribution is 2.38. The van der Waals surface area contributed by atoms with Crippen LogP contribution in [0.4, 0.5) is 0 Å². The molecule has 0 aliphatic carbocycles. The average molecular weight is 499 g/mol. The third kappa shape index (κ3) is 3.89. The monoisotopic (exact) mass is 498 g/mol. The summed E-state index contributed by atoms with van der Waals surface area (Å²) in [5, 5.41) is 12.0. The fourth-order valence-corrected chi connectivity index (χ4v) is 5.91. The normalized spacial score (nSPS) is 14.6. The van der Waals surface area contributed by atoms with E-state index in [1.807, 2.05) is 62.1 Å². The molecule has 4 aromatic heterocycles. The van der Waals surface area contributed by atoms with Crippen molar-refractivity contribution in [2.24, 2.45) is 0 Å². The Labute approximate surface area is 212 Å². The Balaban J connectivity index is 1.18. The molecule has 0 unspecified atom stereocenters. The first-order chi connectivity index (χ1) is 17.5. The summed E-state index contributed by atoms with van der Waals surface area (Å²) in [6, 6.07) is 12.0. The number of aromatic nitrogens is 5. The molecule has 6 rings (SSSR count). The van der Waals surface area contributed by atoms with Gasteiger partial charge in [-0.1, -0.05) is 35.5 Å². The Morgan fingerprint density at radius 3 is 2.67 bits per heavy atom. The van der Waals surface area contributed by atoms with Gasteiger partial charge in [-0.25, -0.2) is 14.5 Å². The Morgan fingerprint density at radius 2 is 1.89 bits per heavy atom. The molecule has 1 saturated heterocycles. The maximum atomic E-state index is 13.3. The van der Waals surface area contributed by atoms with Gasteiger partial charge in [0.2, 0.25) is 0 Å². The molecule has 0 bridgehead atoms. The second-order valence-electron chi connectivity index (χ2n) is 9.28. The maximum absolute atomic E-state index is 13.3. The summed E-state index contributed by atoms with van der Waals surface area (Å²) in [5.41, 5.74) is 6.76. The molecular weight excluding hydrogens is 472 g/mol. The predicted octanol–water partition coefficient (Wildman–Crippen LogP) is 5.45. The lowest BCUT2D eigenvalue weighted by Gasteiger charge is -2.31. The van der Waals surface area contributed by atoms with Crippen LogP contribution < -0.4 is 0 Å². The molecule has 5 aromatic rings. The zero-order chi connectivity index (χ0) is 24.8. The lowest BCUT2D eigenvalue weighted by Crippen LogP contribution is -2.38. The molecule has 36 heavy (non-hydrogen) atoms. The van der Waals surface area contributed by atoms with Crippen molar-refractivity contribution in [3.63, 3.8) is 0 Å². The lowest BCUT2D eigenvalue weighted by molar-refractivity contribution is 0.0711. The first-order valence-corrected chi connectivity index (χ1v) is 13.0. The van der Waals surface area contributed by atoms with Crippen LogP contribution in [0, 0.1) is 20.8 Å². The number of fused-ring (bicyclic) bond motifs is 1. The number of amides is 1. The highest BCUT2D eigenvalue weighted by molar-refractivity contribution is 7.10. The van der Waals surface area contributed by atoms with Gasteiger partial charge >= 0.3 is 0 Å². The van der Waals surface area contributed by atoms with Crippen LogP contribution in [0.2, 0.25) is 0 Å². The van der Waals surface area contributed by atoms with Crippen LogP contribution in [0.25, 0.3) is 28.2 Å². The molecule has 182 valence electrons. The van der Waals surface area contributed by atoms with Crippen molar-refractivity contribution in [2.75, 3.05) is 13.1 Å². The van der Waals surface area contributed by atoms with E-state index in [4.69, 9.17) is 9.51 Å². The second kappa shape index (κ2) is 8.98. The number of carbonyl (C=O) groups is 1. The second-order valence-corrected chi connectivity index (χ2v) is 10.2. The van der Waals surface area contributed by atoms with Crippen LogP contribution in [0.3, 0.4) is 0 Å². The highest BCUT2D eigenvalue weighted by Gasteiger charge is 2.29. The lowest BCUT2D eigenvalue weighted by atomic mass is 9.97. The van der Waals surface area contributed by atoms with Gasteiger partial charge in [0.15, 0.2) is 5.65 Å². The summed E-state index contributed by atoms with van der Waals surface area (Å²) in [4.78, 5) is 24.7. The molecule has 1 aromatic carbocycles. The van der Waals surface area contributed by atoms with Crippen LogP contribution in [0.15, 0.2) is 52.5 Å². The average Bonchev–Trinajstić information content (AvgIpc) is 3.62. The Kier molecular flexibility index (Phi) is 5.64. The third-order valence-electron chi connectivity index (χ3n) is 6.90. The smallest absolute Gasteiger partial charge is 0.257 e. The van der Waals surface area contributed by atoms with E-state index in [-0.39, 0.29) is 5.91 Å². The van der Waals surface area contributed by atoms with E-state index in [1.54, 1.807) is 22.0 Å². The number of benzene rings is 1. The molecular formula is C27H26N6O2S. The summed E-state index contributed by atoms with van der Waals surface area (Å²) >= 11 is 1.67. The van der Waals surface area contributed by atoms with Crippen molar-refractivity contribution in [1.29, 1.82) is 0 Å². The minimum atomic E-state index is 0.0148. The molecule has 0 atom stereocenters. The maximum Gasteiger partial charge on any atom is 0.257 e. The number of hydrogen-bond acceptors (Lipinski definition) is 7. The van der Waals surface area contributed by atoms with E-state index in [0.29, 0.717) is 24.6 Å². The first-order valence-electron chi connectivity index (χ1n) is 12.1. The number of rotatable bonds is 4. The van der Waals surface area contributed by atoms with Crippen LogP contribution in [-0.2, 0) is 0 Å². The van der Waals surface area contributed by atoms with Crippen LogP contribution in [0.1, 0.15) is 51.3 Å². The Hall–Kier alpha value is -3.85. The van der Waals surface area contributed by atoms with Gasteiger partial charge in [-0.05, 0) is 33.6 Å². The number of aryl methyl sites for hydroxylation is 3. The van der Waals surface area contributed by atoms with Crippen molar-refractivity contribution < 1.29 is 9.32 Å². The predicted molar refractivity (Wildman–Crippen MR) is 138 cm³/mol. The molecule has 1 fully saturated rings. The van der Waals surface area contributed by atoms with E-state index in [0.717, 1.165) is 63.2 Å². The topological polar surface area (TPSA) is 89.4 Å². The molecule has 0 saturated carbocycles. The fraction of sp³-hybridized carbons (Fsp3) is 0.296. The third-order valence-corrected chi connectivity index (χ3v) is 7.90. The first kappa shape index (κ1) is 22.6. The standard InChI is InChI=1S/C27H26N6O2S/c1-16-13-23-28-14-21(17(2)33(23)30-16)27(34)32-11-9-20(10-12-32)26-29-22(15-36-26)24-18(3)35-31-25(24)19-7-5-4-6-8-19/h4-8,13-15,20H,9-12H2,1-3H3. The van der Waals surface area contributed by atoms with Gasteiger partial charge in [0.25, 0.3) is 5.91 Å². The van der Waals surface area contributed by atoms with Crippen LogP contribution in [-0.4, -0.2) is 48.6 Å². The van der Waals surface area contributed by atoms with Crippen LogP contribution >= 0.6 is 11.3 Å². The zero-order valence-electron chi connectivity index (χ0n) is 20.4. The number of piperidine rings is 1. The summed E-state index contributed by atoms with van der Waals surface area (Å²) in [6.45, 7) is 7.16. The van der Waals surface area contributed by atoms with Crippen molar-refractivity contribution in [1.82, 2.24) is 29.6 Å². The van der Waals surface area contributed by atoms with Gasteiger partial charge < -0.3 is 9.42 Å². The molecule has 5 heterocycles. The van der Waals surface area contributed by atoms with Crippen LogP contribution in [0.5, 0.6) is 0 Å². The van der Waals surface area contributed by atoms with Gasteiger partial charge in [-0.15, -0.1) is 11.3 Å². The molecule has 1 aliphatic rings. The molecule has 8 nitrogen and oxygen atoms in total. The minimum Gasteiger partial charge on any atom is -0.360 e. The highest BCUT2D eigenvalue weighted by atomic mass is 32.1. The number of nitrogens with zero attached hydrogens (tertiary/aromatic N) is 6. The van der Waals surface area contributed by atoms with E-state index >= 15 is 0 Å². The fourth-order valence-electron chi connectivity index (χ4n) is 4.93. The molecule has 0 N–H and O–H groups in total. The van der Waals surface area contributed by atoms with Crippen molar-refractivity contribution in [2.45, 2.75) is 39.5 Å². The van der Waals surface area contributed by atoms with Crippen molar-refractivity contribution in [3.8, 4) is 22.5 Å². The molecule has 0 radical (unpaired) electrons. The van der Waals surface area contributed by atoms with Gasteiger partial charge in [-0.3, -0.25) is 4.79 Å². The SMILES string of the molecule is Cc1cc2ncc(C(=O)N3CCC(c4nc(-c5c(-c6ccccc6)noc5C)cs4)CC3)c(C)n2n1. The number of hydrogen-bond donors (Lipinski definition) is 0. The molecule has 1 amide bonds. The molecule has 0 spiro atoms.